The summed E-state index contributed by atoms with van der Waals surface area (Å²) in [6.07, 6.45) is -23.8. The van der Waals surface area contributed by atoms with Crippen LogP contribution in [0.2, 0.25) is 0 Å². The Morgan fingerprint density at radius 1 is 0.360 bits per heavy atom. The third-order valence-electron chi connectivity index (χ3n) is 7.62. The van der Waals surface area contributed by atoms with Gasteiger partial charge in [-0.2, -0.15) is 52.7 Å². The van der Waals surface area contributed by atoms with Gasteiger partial charge >= 0.3 is 24.7 Å². The maximum atomic E-state index is 13.9. The van der Waals surface area contributed by atoms with Crippen molar-refractivity contribution in [1.82, 2.24) is 0 Å². The van der Waals surface area contributed by atoms with E-state index < -0.39 is 104 Å². The van der Waals surface area contributed by atoms with Crippen LogP contribution >= 0.6 is 0 Å². The van der Waals surface area contributed by atoms with Gasteiger partial charge in [-0.05, 0) is 24.3 Å². The average molecular weight is 733 g/mol. The van der Waals surface area contributed by atoms with Crippen molar-refractivity contribution >= 4 is 22.7 Å². The van der Waals surface area contributed by atoms with Crippen LogP contribution in [0.15, 0.2) is 72.8 Å². The zero-order valence-corrected chi connectivity index (χ0v) is 24.6. The molecule has 0 saturated carbocycles. The predicted molar refractivity (Wildman–Crippen MR) is 156 cm³/mol. The normalized spacial score (nSPS) is 13.0. The largest absolute Gasteiger partial charge is 0.506 e. The average Bonchev–Trinajstić information content (AvgIpc) is 2.96. The second-order valence-electron chi connectivity index (χ2n) is 10.5. The van der Waals surface area contributed by atoms with Crippen molar-refractivity contribution in [1.29, 1.82) is 0 Å². The number of alkyl halides is 12. The number of nitrogens with two attached hydrogens (primary N) is 4. The van der Waals surface area contributed by atoms with E-state index in [1.54, 1.807) is 0 Å². The Bertz CT molecular complexity index is 1600. The first-order chi connectivity index (χ1) is 22.7. The van der Waals surface area contributed by atoms with Crippen LogP contribution in [0, 0.1) is 0 Å². The molecule has 272 valence electrons. The minimum absolute atomic E-state index is 0.440. The second kappa shape index (κ2) is 12.7. The molecule has 20 heteroatoms. The van der Waals surface area contributed by atoms with E-state index in [2.05, 4.69) is 0 Å². The molecular formula is C30H24F12N4O4. The van der Waals surface area contributed by atoms with Gasteiger partial charge < -0.3 is 43.4 Å². The van der Waals surface area contributed by atoms with Crippen LogP contribution in [0.1, 0.15) is 22.3 Å². The molecule has 0 heterocycles. The standard InChI is InChI=1S/2C15H12F6N2O2/c16-14(17,18)13(15(19,20)21,7-3-1-5-9(24)11(7)22)8-4-2-6-10(25)12(8)23;16-14(17,18)13(15(19,20)21,7-3-1-5-9(22)11(7)24)8-4-2-6-10(23)12(8)25/h2*1-6,24-25H,22-23H2. The smallest absolute Gasteiger partial charge is 0.411 e. The summed E-state index contributed by atoms with van der Waals surface area (Å²) in [5.74, 6) is -4.68. The molecule has 0 aliphatic heterocycles. The number of para-hydroxylation sites is 4. The van der Waals surface area contributed by atoms with Gasteiger partial charge in [0.1, 0.15) is 23.0 Å². The Morgan fingerprint density at radius 2 is 0.600 bits per heavy atom. The predicted octanol–water partition coefficient (Wildman–Crippen LogP) is 7.35. The van der Waals surface area contributed by atoms with Gasteiger partial charge in [0.2, 0.25) is 10.8 Å². The zero-order valence-electron chi connectivity index (χ0n) is 24.6. The summed E-state index contributed by atoms with van der Waals surface area (Å²) in [7, 11) is 0. The van der Waals surface area contributed by atoms with Crippen LogP contribution in [-0.4, -0.2) is 45.1 Å². The highest BCUT2D eigenvalue weighted by Crippen LogP contribution is 2.62. The summed E-state index contributed by atoms with van der Waals surface area (Å²) in [6.45, 7) is 0. The Kier molecular flexibility index (Phi) is 9.89. The number of hydrogen-bond donors (Lipinski definition) is 8. The number of phenolic OH excluding ortho intramolecular Hbond substituents is 4. The van der Waals surface area contributed by atoms with Gasteiger partial charge in [0.05, 0.1) is 22.7 Å². The van der Waals surface area contributed by atoms with E-state index in [0.717, 1.165) is 48.5 Å². The van der Waals surface area contributed by atoms with Gasteiger partial charge in [-0.3, -0.25) is 0 Å². The monoisotopic (exact) mass is 732 g/mol. The van der Waals surface area contributed by atoms with Crippen LogP contribution in [0.3, 0.4) is 0 Å². The Morgan fingerprint density at radius 3 is 0.880 bits per heavy atom. The van der Waals surface area contributed by atoms with E-state index in [1.165, 1.54) is 0 Å². The second-order valence-corrected chi connectivity index (χ2v) is 10.5. The van der Waals surface area contributed by atoms with Crippen molar-refractivity contribution in [3.05, 3.63) is 95.1 Å². The van der Waals surface area contributed by atoms with Gasteiger partial charge in [0.25, 0.3) is 0 Å². The van der Waals surface area contributed by atoms with E-state index in [-0.39, 0.29) is 0 Å². The van der Waals surface area contributed by atoms with Crippen molar-refractivity contribution in [3.8, 4) is 23.0 Å². The third-order valence-corrected chi connectivity index (χ3v) is 7.62. The molecule has 0 aliphatic carbocycles. The zero-order chi connectivity index (χ0) is 38.4. The minimum atomic E-state index is -5.98. The molecule has 4 rings (SSSR count). The molecule has 0 atom stereocenters. The molecule has 0 aliphatic rings. The topological polar surface area (TPSA) is 185 Å². The first-order valence-corrected chi connectivity index (χ1v) is 13.3. The Hall–Kier alpha value is -5.56. The Labute approximate surface area is 272 Å². The van der Waals surface area contributed by atoms with Crippen molar-refractivity contribution in [3.63, 3.8) is 0 Å². The summed E-state index contributed by atoms with van der Waals surface area (Å²) < 4.78 is 166. The molecule has 0 saturated heterocycles. The maximum absolute atomic E-state index is 13.9. The van der Waals surface area contributed by atoms with Gasteiger partial charge in [-0.1, -0.05) is 48.5 Å². The highest BCUT2D eigenvalue weighted by atomic mass is 19.4. The molecule has 0 unspecified atom stereocenters. The Balaban J connectivity index is 0.000000270. The lowest BCUT2D eigenvalue weighted by Crippen LogP contribution is -2.55. The molecule has 0 spiro atoms. The summed E-state index contributed by atoms with van der Waals surface area (Å²) in [4.78, 5) is 0. The lowest BCUT2D eigenvalue weighted by molar-refractivity contribution is -0.290. The van der Waals surface area contributed by atoms with Crippen molar-refractivity contribution < 1.29 is 73.1 Å². The molecule has 0 radical (unpaired) electrons. The van der Waals surface area contributed by atoms with Gasteiger partial charge in [-0.15, -0.1) is 0 Å². The fourth-order valence-electron chi connectivity index (χ4n) is 5.32. The van der Waals surface area contributed by atoms with Crippen LogP contribution in [0.4, 0.5) is 75.4 Å². The molecular weight excluding hydrogens is 708 g/mol. The number of benzene rings is 4. The van der Waals surface area contributed by atoms with Crippen LogP contribution < -0.4 is 22.9 Å². The molecule has 4 aromatic carbocycles. The molecule has 12 N–H and O–H groups in total. The van der Waals surface area contributed by atoms with Gasteiger partial charge in [-0.25, -0.2) is 0 Å². The van der Waals surface area contributed by atoms with Crippen LogP contribution in [0.5, 0.6) is 23.0 Å². The molecule has 8 nitrogen and oxygen atoms in total. The van der Waals surface area contributed by atoms with E-state index in [0.29, 0.717) is 24.3 Å². The summed E-state index contributed by atoms with van der Waals surface area (Å²) >= 11 is 0. The fourth-order valence-corrected chi connectivity index (χ4v) is 5.32. The molecule has 50 heavy (non-hydrogen) atoms. The number of phenols is 4. The quantitative estimate of drug-likeness (QED) is 0.0608. The van der Waals surface area contributed by atoms with Crippen molar-refractivity contribution in [2.45, 2.75) is 35.5 Å². The van der Waals surface area contributed by atoms with Crippen molar-refractivity contribution in [2.75, 3.05) is 22.9 Å². The molecule has 4 aromatic rings. The van der Waals surface area contributed by atoms with E-state index in [9.17, 15) is 73.1 Å². The minimum Gasteiger partial charge on any atom is -0.506 e. The summed E-state index contributed by atoms with van der Waals surface area (Å²) in [5, 5.41) is 38.7. The molecule has 0 aromatic heterocycles. The summed E-state index contributed by atoms with van der Waals surface area (Å²) in [6, 6.07) is 8.72. The number of anilines is 4. The van der Waals surface area contributed by atoms with E-state index in [4.69, 9.17) is 22.9 Å². The van der Waals surface area contributed by atoms with Gasteiger partial charge in [0.15, 0.2) is 0 Å². The number of hydrogen-bond acceptors (Lipinski definition) is 8. The first-order valence-electron chi connectivity index (χ1n) is 13.3. The fraction of sp³-hybridized carbons (Fsp3) is 0.200. The first kappa shape index (κ1) is 38.9. The van der Waals surface area contributed by atoms with Crippen molar-refractivity contribution in [2.24, 2.45) is 0 Å². The van der Waals surface area contributed by atoms with Gasteiger partial charge in [0, 0.05) is 22.3 Å². The van der Waals surface area contributed by atoms with E-state index >= 15 is 0 Å². The highest BCUT2D eigenvalue weighted by Gasteiger charge is 2.75. The van der Waals surface area contributed by atoms with Crippen LogP contribution in [-0.2, 0) is 10.8 Å². The SMILES string of the molecule is Nc1c(O)cccc1C(c1cccc(O)c1N)(C(F)(F)F)C(F)(F)F.Nc1cccc(C(c2cccc(N)c2O)(C(F)(F)F)C(F)(F)F)c1O. The van der Waals surface area contributed by atoms with Crippen LogP contribution in [0.25, 0.3) is 0 Å². The molecule has 0 fully saturated rings. The van der Waals surface area contributed by atoms with E-state index in [1.807, 2.05) is 0 Å². The lowest BCUT2D eigenvalue weighted by Gasteiger charge is -2.39. The number of rotatable bonds is 4. The third kappa shape index (κ3) is 5.98. The number of aromatic hydroxyl groups is 4. The molecule has 0 bridgehead atoms. The number of halogens is 12. The lowest BCUT2D eigenvalue weighted by atomic mass is 9.71. The molecule has 0 amide bonds. The summed E-state index contributed by atoms with van der Waals surface area (Å²) in [5.41, 5.74) is 2.28. The highest BCUT2D eigenvalue weighted by molar-refractivity contribution is 5.70. The number of nitrogen functional groups attached to an aromatic ring is 4. The maximum Gasteiger partial charge on any atom is 0.411 e.